The normalized spacial score (nSPS) is 31.2. The van der Waals surface area contributed by atoms with E-state index in [1.54, 1.807) is 0 Å². The van der Waals surface area contributed by atoms with Gasteiger partial charge in [0.25, 0.3) is 0 Å². The summed E-state index contributed by atoms with van der Waals surface area (Å²) in [6.07, 6.45) is 3.05. The molecule has 2 heteroatoms. The summed E-state index contributed by atoms with van der Waals surface area (Å²) in [5.74, 6) is 1.65. The van der Waals surface area contributed by atoms with Crippen LogP contribution in [-0.2, 0) is 4.74 Å². The molecular formula is C11H23NO. The van der Waals surface area contributed by atoms with Gasteiger partial charge >= 0.3 is 0 Å². The van der Waals surface area contributed by atoms with Crippen LogP contribution in [0.4, 0.5) is 0 Å². The summed E-state index contributed by atoms with van der Waals surface area (Å²) in [6.45, 7) is 6.95. The van der Waals surface area contributed by atoms with Crippen molar-refractivity contribution in [1.82, 2.24) is 4.90 Å². The van der Waals surface area contributed by atoms with Crippen molar-refractivity contribution in [2.45, 2.75) is 32.8 Å². The minimum absolute atomic E-state index is 0.461. The zero-order valence-corrected chi connectivity index (χ0v) is 9.42. The predicted octanol–water partition coefficient (Wildman–Crippen LogP) is 2.00. The Morgan fingerprint density at radius 3 is 2.62 bits per heavy atom. The second-order valence-corrected chi connectivity index (χ2v) is 4.81. The number of likely N-dealkylation sites (N-methyl/N-ethyl adjacent to an activating group) is 1. The van der Waals surface area contributed by atoms with Gasteiger partial charge in [-0.15, -0.1) is 0 Å². The highest BCUT2D eigenvalue weighted by Gasteiger charge is 2.25. The minimum Gasteiger partial charge on any atom is -0.380 e. The number of methoxy groups -OCH3 is 1. The van der Waals surface area contributed by atoms with Crippen molar-refractivity contribution in [1.29, 1.82) is 0 Å². The Morgan fingerprint density at radius 1 is 1.38 bits per heavy atom. The Morgan fingerprint density at radius 2 is 2.08 bits per heavy atom. The fraction of sp³-hybridized carbons (Fsp3) is 1.00. The van der Waals surface area contributed by atoms with Gasteiger partial charge in [-0.25, -0.2) is 0 Å². The van der Waals surface area contributed by atoms with E-state index in [1.807, 2.05) is 7.11 Å². The number of hydrogen-bond donors (Lipinski definition) is 0. The molecule has 0 bridgehead atoms. The molecule has 0 N–H and O–H groups in total. The molecule has 0 radical (unpaired) electrons. The predicted molar refractivity (Wildman–Crippen MR) is 55.9 cm³/mol. The van der Waals surface area contributed by atoms with Crippen LogP contribution in [0.5, 0.6) is 0 Å². The number of nitrogens with zero attached hydrogens (tertiary/aromatic N) is 1. The number of rotatable bonds is 3. The highest BCUT2D eigenvalue weighted by Crippen LogP contribution is 2.23. The lowest BCUT2D eigenvalue weighted by atomic mass is 9.89. The first-order valence-corrected chi connectivity index (χ1v) is 5.33. The average molecular weight is 185 g/mol. The van der Waals surface area contributed by atoms with Gasteiger partial charge in [-0.05, 0) is 31.7 Å². The van der Waals surface area contributed by atoms with E-state index in [4.69, 9.17) is 4.74 Å². The molecule has 0 amide bonds. The van der Waals surface area contributed by atoms with Crippen molar-refractivity contribution in [3.05, 3.63) is 0 Å². The Hall–Kier alpha value is -0.0800. The first kappa shape index (κ1) is 11.0. The van der Waals surface area contributed by atoms with Crippen LogP contribution in [0.25, 0.3) is 0 Å². The maximum absolute atomic E-state index is 5.43. The molecule has 1 aliphatic rings. The SMILES string of the molecule is CO[C@@H]1CC(CC(C)C)CN(C)C1. The van der Waals surface area contributed by atoms with Gasteiger partial charge in [-0.2, -0.15) is 0 Å². The summed E-state index contributed by atoms with van der Waals surface area (Å²) in [5, 5.41) is 0. The van der Waals surface area contributed by atoms with E-state index in [-0.39, 0.29) is 0 Å². The lowest BCUT2D eigenvalue weighted by Gasteiger charge is -2.35. The monoisotopic (exact) mass is 185 g/mol. The summed E-state index contributed by atoms with van der Waals surface area (Å²) in [5.41, 5.74) is 0. The Kier molecular flexibility index (Phi) is 4.20. The van der Waals surface area contributed by atoms with Gasteiger partial charge in [-0.1, -0.05) is 13.8 Å². The molecule has 1 unspecified atom stereocenters. The van der Waals surface area contributed by atoms with Crippen molar-refractivity contribution in [2.24, 2.45) is 11.8 Å². The van der Waals surface area contributed by atoms with Crippen LogP contribution in [0.2, 0.25) is 0 Å². The van der Waals surface area contributed by atoms with Crippen molar-refractivity contribution in [3.63, 3.8) is 0 Å². The third-order valence-electron chi connectivity index (χ3n) is 2.82. The van der Waals surface area contributed by atoms with Crippen molar-refractivity contribution >= 4 is 0 Å². The van der Waals surface area contributed by atoms with Gasteiger partial charge < -0.3 is 9.64 Å². The average Bonchev–Trinajstić information content (AvgIpc) is 2.01. The topological polar surface area (TPSA) is 12.5 Å². The van der Waals surface area contributed by atoms with Crippen LogP contribution in [-0.4, -0.2) is 38.3 Å². The largest absolute Gasteiger partial charge is 0.380 e. The van der Waals surface area contributed by atoms with Crippen LogP contribution in [0.1, 0.15) is 26.7 Å². The molecule has 1 heterocycles. The first-order chi connectivity index (χ1) is 6.11. The van der Waals surface area contributed by atoms with E-state index < -0.39 is 0 Å². The molecule has 0 saturated carbocycles. The maximum atomic E-state index is 5.43. The second-order valence-electron chi connectivity index (χ2n) is 4.81. The molecule has 0 aliphatic carbocycles. The van der Waals surface area contributed by atoms with E-state index in [1.165, 1.54) is 19.4 Å². The fourth-order valence-electron chi connectivity index (χ4n) is 2.39. The van der Waals surface area contributed by atoms with E-state index >= 15 is 0 Å². The van der Waals surface area contributed by atoms with Crippen LogP contribution in [0, 0.1) is 11.8 Å². The van der Waals surface area contributed by atoms with Gasteiger partial charge in [0.15, 0.2) is 0 Å². The quantitative estimate of drug-likeness (QED) is 0.667. The molecule has 1 aliphatic heterocycles. The summed E-state index contributed by atoms with van der Waals surface area (Å²) >= 11 is 0. The third kappa shape index (κ3) is 3.65. The molecular weight excluding hydrogens is 162 g/mol. The number of piperidine rings is 1. The number of ether oxygens (including phenoxy) is 1. The van der Waals surface area contributed by atoms with Crippen molar-refractivity contribution in [2.75, 3.05) is 27.2 Å². The first-order valence-electron chi connectivity index (χ1n) is 5.33. The lowest BCUT2D eigenvalue weighted by molar-refractivity contribution is 0.0126. The van der Waals surface area contributed by atoms with Gasteiger partial charge in [0, 0.05) is 20.2 Å². The van der Waals surface area contributed by atoms with Crippen LogP contribution >= 0.6 is 0 Å². The second kappa shape index (κ2) is 4.97. The molecule has 1 fully saturated rings. The van der Waals surface area contributed by atoms with E-state index in [0.29, 0.717) is 6.10 Å². The van der Waals surface area contributed by atoms with Gasteiger partial charge in [0.2, 0.25) is 0 Å². The van der Waals surface area contributed by atoms with E-state index in [2.05, 4.69) is 25.8 Å². The Bertz CT molecular complexity index is 145. The fourth-order valence-corrected chi connectivity index (χ4v) is 2.39. The summed E-state index contributed by atoms with van der Waals surface area (Å²) < 4.78 is 5.43. The summed E-state index contributed by atoms with van der Waals surface area (Å²) in [4.78, 5) is 2.39. The van der Waals surface area contributed by atoms with Crippen molar-refractivity contribution in [3.8, 4) is 0 Å². The molecule has 1 saturated heterocycles. The molecule has 0 aromatic heterocycles. The molecule has 13 heavy (non-hydrogen) atoms. The van der Waals surface area contributed by atoms with Gasteiger partial charge in [0.1, 0.15) is 0 Å². The molecule has 2 nitrogen and oxygen atoms in total. The van der Waals surface area contributed by atoms with Gasteiger partial charge in [0.05, 0.1) is 6.10 Å². The minimum atomic E-state index is 0.461. The molecule has 0 aromatic carbocycles. The maximum Gasteiger partial charge on any atom is 0.0701 e. The standard InChI is InChI=1S/C11H23NO/c1-9(2)5-10-6-11(13-4)8-12(3)7-10/h9-11H,5-8H2,1-4H3/t10?,11-/m1/s1. The molecule has 1 rings (SSSR count). The molecule has 2 atom stereocenters. The molecule has 0 aromatic rings. The van der Waals surface area contributed by atoms with E-state index in [0.717, 1.165) is 18.4 Å². The molecule has 0 spiro atoms. The highest BCUT2D eigenvalue weighted by atomic mass is 16.5. The lowest BCUT2D eigenvalue weighted by Crippen LogP contribution is -2.41. The van der Waals surface area contributed by atoms with E-state index in [9.17, 15) is 0 Å². The third-order valence-corrected chi connectivity index (χ3v) is 2.82. The van der Waals surface area contributed by atoms with Crippen molar-refractivity contribution < 1.29 is 4.74 Å². The number of likely N-dealkylation sites (tertiary alicyclic amines) is 1. The summed E-state index contributed by atoms with van der Waals surface area (Å²) in [7, 11) is 4.02. The summed E-state index contributed by atoms with van der Waals surface area (Å²) in [6, 6.07) is 0. The van der Waals surface area contributed by atoms with Gasteiger partial charge in [-0.3, -0.25) is 0 Å². The highest BCUT2D eigenvalue weighted by molar-refractivity contribution is 4.78. The smallest absolute Gasteiger partial charge is 0.0701 e. The Balaban J connectivity index is 2.37. The van der Waals surface area contributed by atoms with Crippen LogP contribution in [0.3, 0.4) is 0 Å². The zero-order valence-electron chi connectivity index (χ0n) is 9.42. The van der Waals surface area contributed by atoms with Crippen LogP contribution in [0.15, 0.2) is 0 Å². The molecule has 78 valence electrons. The Labute approximate surface area is 82.3 Å². The van der Waals surface area contributed by atoms with Crippen LogP contribution < -0.4 is 0 Å². The zero-order chi connectivity index (χ0) is 9.84. The number of hydrogen-bond acceptors (Lipinski definition) is 2.